The van der Waals surface area contributed by atoms with Gasteiger partial charge in [0.2, 0.25) is 0 Å². The summed E-state index contributed by atoms with van der Waals surface area (Å²) in [6, 6.07) is 8.13. The standard InChI is InChI=1S/C18H18FN3O/c1-2-3-9-16(13-6-5-10-20-11-13)22-12-21-17-14(18(22)23)7-4-8-15(17)19/h4-8,10-12,16H,2-3,9H2,1H3. The van der Waals surface area contributed by atoms with E-state index in [0.717, 1.165) is 24.8 Å². The molecule has 0 aliphatic rings. The molecule has 2 heterocycles. The molecule has 23 heavy (non-hydrogen) atoms. The second kappa shape index (κ2) is 6.69. The Balaban J connectivity index is 2.15. The number of para-hydroxylation sites is 1. The van der Waals surface area contributed by atoms with Gasteiger partial charge in [0.25, 0.3) is 5.56 Å². The summed E-state index contributed by atoms with van der Waals surface area (Å²) in [6.45, 7) is 2.11. The molecule has 1 aromatic carbocycles. The molecule has 0 bridgehead atoms. The van der Waals surface area contributed by atoms with E-state index in [1.165, 1.54) is 18.5 Å². The third-order valence-electron chi connectivity index (χ3n) is 4.00. The molecule has 0 N–H and O–H groups in total. The monoisotopic (exact) mass is 311 g/mol. The highest BCUT2D eigenvalue weighted by Gasteiger charge is 2.17. The average Bonchev–Trinajstić information content (AvgIpc) is 2.58. The van der Waals surface area contributed by atoms with Gasteiger partial charge in [-0.1, -0.05) is 31.9 Å². The van der Waals surface area contributed by atoms with Crippen molar-refractivity contribution >= 4 is 10.9 Å². The minimum absolute atomic E-state index is 0.120. The van der Waals surface area contributed by atoms with E-state index in [0.29, 0.717) is 5.39 Å². The van der Waals surface area contributed by atoms with Gasteiger partial charge in [0.15, 0.2) is 0 Å². The number of benzene rings is 1. The maximum atomic E-state index is 13.8. The maximum Gasteiger partial charge on any atom is 0.261 e. The molecule has 0 amide bonds. The van der Waals surface area contributed by atoms with Gasteiger partial charge >= 0.3 is 0 Å². The van der Waals surface area contributed by atoms with Crippen LogP contribution in [0.1, 0.15) is 37.8 Å². The van der Waals surface area contributed by atoms with Gasteiger partial charge in [-0.3, -0.25) is 14.3 Å². The van der Waals surface area contributed by atoms with Crippen LogP contribution in [-0.2, 0) is 0 Å². The minimum atomic E-state index is -0.474. The van der Waals surface area contributed by atoms with E-state index in [-0.39, 0.29) is 17.1 Å². The van der Waals surface area contributed by atoms with Crippen molar-refractivity contribution in [1.29, 1.82) is 0 Å². The van der Waals surface area contributed by atoms with E-state index in [2.05, 4.69) is 16.9 Å². The van der Waals surface area contributed by atoms with Gasteiger partial charge in [0, 0.05) is 12.4 Å². The third kappa shape index (κ3) is 2.99. The highest BCUT2D eigenvalue weighted by molar-refractivity contribution is 5.77. The molecular weight excluding hydrogens is 293 g/mol. The molecule has 0 aliphatic heterocycles. The number of pyridine rings is 1. The smallest absolute Gasteiger partial charge is 0.261 e. The Kier molecular flexibility index (Phi) is 4.46. The van der Waals surface area contributed by atoms with E-state index in [1.54, 1.807) is 23.0 Å². The number of rotatable bonds is 5. The SMILES string of the molecule is CCCCC(c1cccnc1)n1cnc2c(F)cccc2c1=O. The number of fused-ring (bicyclic) bond motifs is 1. The van der Waals surface area contributed by atoms with Crippen molar-refractivity contribution in [2.45, 2.75) is 32.2 Å². The molecule has 118 valence electrons. The number of halogens is 1. The normalized spacial score (nSPS) is 12.4. The summed E-state index contributed by atoms with van der Waals surface area (Å²) < 4.78 is 15.4. The molecule has 1 atom stereocenters. The summed E-state index contributed by atoms with van der Waals surface area (Å²) in [4.78, 5) is 21.1. The van der Waals surface area contributed by atoms with Crippen molar-refractivity contribution in [3.8, 4) is 0 Å². The van der Waals surface area contributed by atoms with Gasteiger partial charge in [-0.25, -0.2) is 9.37 Å². The van der Waals surface area contributed by atoms with Crippen LogP contribution in [0.2, 0.25) is 0 Å². The molecule has 3 aromatic rings. The Morgan fingerprint density at radius 1 is 1.26 bits per heavy atom. The highest BCUT2D eigenvalue weighted by Crippen LogP contribution is 2.23. The van der Waals surface area contributed by atoms with E-state index in [9.17, 15) is 9.18 Å². The van der Waals surface area contributed by atoms with E-state index in [4.69, 9.17) is 0 Å². The van der Waals surface area contributed by atoms with Crippen molar-refractivity contribution < 1.29 is 4.39 Å². The van der Waals surface area contributed by atoms with Crippen molar-refractivity contribution in [1.82, 2.24) is 14.5 Å². The number of aromatic nitrogens is 3. The highest BCUT2D eigenvalue weighted by atomic mass is 19.1. The van der Waals surface area contributed by atoms with E-state index in [1.807, 2.05) is 12.1 Å². The van der Waals surface area contributed by atoms with Crippen molar-refractivity contribution in [3.63, 3.8) is 0 Å². The van der Waals surface area contributed by atoms with Gasteiger partial charge in [-0.05, 0) is 30.2 Å². The quantitative estimate of drug-likeness (QED) is 0.721. The number of unbranched alkanes of at least 4 members (excludes halogenated alkanes) is 1. The Hall–Kier alpha value is -2.56. The van der Waals surface area contributed by atoms with Crippen LogP contribution >= 0.6 is 0 Å². The Bertz CT molecular complexity index is 861. The number of hydrogen-bond donors (Lipinski definition) is 0. The minimum Gasteiger partial charge on any atom is -0.291 e. The summed E-state index contributed by atoms with van der Waals surface area (Å²) >= 11 is 0. The molecule has 0 spiro atoms. The summed E-state index contributed by atoms with van der Waals surface area (Å²) in [5.41, 5.74) is 0.856. The summed E-state index contributed by atoms with van der Waals surface area (Å²) in [6.07, 6.45) is 7.74. The van der Waals surface area contributed by atoms with Crippen LogP contribution < -0.4 is 5.56 Å². The van der Waals surface area contributed by atoms with Crippen LogP contribution in [0.25, 0.3) is 10.9 Å². The number of nitrogens with zero attached hydrogens (tertiary/aromatic N) is 3. The van der Waals surface area contributed by atoms with Gasteiger partial charge < -0.3 is 0 Å². The lowest BCUT2D eigenvalue weighted by atomic mass is 10.0. The topological polar surface area (TPSA) is 47.8 Å². The fourth-order valence-corrected chi connectivity index (χ4v) is 2.79. The maximum absolute atomic E-state index is 13.8. The summed E-state index contributed by atoms with van der Waals surface area (Å²) in [5, 5.41) is 0.304. The predicted octanol–water partition coefficient (Wildman–Crippen LogP) is 3.71. The van der Waals surface area contributed by atoms with Gasteiger partial charge in [0.1, 0.15) is 11.3 Å². The average molecular weight is 311 g/mol. The molecule has 3 rings (SSSR count). The third-order valence-corrected chi connectivity index (χ3v) is 4.00. The first-order valence-electron chi connectivity index (χ1n) is 7.77. The zero-order chi connectivity index (χ0) is 16.2. The lowest BCUT2D eigenvalue weighted by Crippen LogP contribution is -2.26. The fourth-order valence-electron chi connectivity index (χ4n) is 2.79. The molecule has 0 aliphatic carbocycles. The largest absolute Gasteiger partial charge is 0.291 e. The van der Waals surface area contributed by atoms with Crippen LogP contribution in [0.15, 0.2) is 53.8 Å². The molecule has 2 aromatic heterocycles. The van der Waals surface area contributed by atoms with Crippen molar-refractivity contribution in [3.05, 3.63) is 70.8 Å². The van der Waals surface area contributed by atoms with Gasteiger partial charge in [0.05, 0.1) is 17.8 Å². The Morgan fingerprint density at radius 2 is 2.13 bits per heavy atom. The van der Waals surface area contributed by atoms with Crippen molar-refractivity contribution in [2.75, 3.05) is 0 Å². The lowest BCUT2D eigenvalue weighted by molar-refractivity contribution is 0.497. The zero-order valence-corrected chi connectivity index (χ0v) is 12.9. The van der Waals surface area contributed by atoms with Crippen LogP contribution in [0.5, 0.6) is 0 Å². The molecule has 0 saturated heterocycles. The first-order valence-corrected chi connectivity index (χ1v) is 7.77. The van der Waals surface area contributed by atoms with Gasteiger partial charge in [-0.15, -0.1) is 0 Å². The van der Waals surface area contributed by atoms with E-state index < -0.39 is 5.82 Å². The second-order valence-electron chi connectivity index (χ2n) is 5.54. The molecule has 0 fully saturated rings. The zero-order valence-electron chi connectivity index (χ0n) is 12.9. The van der Waals surface area contributed by atoms with Crippen molar-refractivity contribution in [2.24, 2.45) is 0 Å². The molecule has 4 nitrogen and oxygen atoms in total. The predicted molar refractivity (Wildman–Crippen MR) is 87.9 cm³/mol. The summed E-state index contributed by atoms with van der Waals surface area (Å²) in [7, 11) is 0. The number of hydrogen-bond acceptors (Lipinski definition) is 3. The Labute approximate surface area is 133 Å². The van der Waals surface area contributed by atoms with E-state index >= 15 is 0 Å². The molecule has 5 heteroatoms. The first-order chi connectivity index (χ1) is 11.2. The summed E-state index contributed by atoms with van der Waals surface area (Å²) in [5.74, 6) is -0.474. The molecular formula is C18H18FN3O. The molecule has 0 radical (unpaired) electrons. The lowest BCUT2D eigenvalue weighted by Gasteiger charge is -2.20. The first kappa shape index (κ1) is 15.3. The van der Waals surface area contributed by atoms with Crippen LogP contribution in [-0.4, -0.2) is 14.5 Å². The fraction of sp³-hybridized carbons (Fsp3) is 0.278. The molecule has 1 unspecified atom stereocenters. The van der Waals surface area contributed by atoms with Crippen LogP contribution in [0, 0.1) is 5.82 Å². The van der Waals surface area contributed by atoms with Gasteiger partial charge in [-0.2, -0.15) is 0 Å². The second-order valence-corrected chi connectivity index (χ2v) is 5.54. The Morgan fingerprint density at radius 3 is 2.87 bits per heavy atom. The van der Waals surface area contributed by atoms with Crippen LogP contribution in [0.4, 0.5) is 4.39 Å². The molecule has 0 saturated carbocycles. The van der Waals surface area contributed by atoms with Crippen LogP contribution in [0.3, 0.4) is 0 Å².